The van der Waals surface area contributed by atoms with Gasteiger partial charge in [0.05, 0.1) is 25.4 Å². The second-order valence-electron chi connectivity index (χ2n) is 5.97. The van der Waals surface area contributed by atoms with Crippen molar-refractivity contribution in [3.05, 3.63) is 0 Å². The highest BCUT2D eigenvalue weighted by Crippen LogP contribution is 2.01. The maximum Gasteiger partial charge on any atom is 0.326 e. The van der Waals surface area contributed by atoms with E-state index in [1.54, 1.807) is 6.26 Å². The van der Waals surface area contributed by atoms with Crippen LogP contribution in [-0.2, 0) is 28.8 Å². The van der Waals surface area contributed by atoms with Crippen LogP contribution in [0.5, 0.6) is 0 Å². The van der Waals surface area contributed by atoms with E-state index in [4.69, 9.17) is 22.3 Å². The summed E-state index contributed by atoms with van der Waals surface area (Å²) in [6.45, 7) is -0.597. The van der Waals surface area contributed by atoms with Gasteiger partial charge in [-0.05, 0) is 18.4 Å². The van der Waals surface area contributed by atoms with Gasteiger partial charge in [-0.1, -0.05) is 0 Å². The summed E-state index contributed by atoms with van der Waals surface area (Å²) in [4.78, 5) is 69.0. The average molecular weight is 434 g/mol. The monoisotopic (exact) mass is 434 g/mol. The molecule has 0 heterocycles. The van der Waals surface area contributed by atoms with Crippen molar-refractivity contribution in [1.82, 2.24) is 16.0 Å². The molecule has 10 N–H and O–H groups in total. The quantitative estimate of drug-likeness (QED) is 0.141. The zero-order chi connectivity index (χ0) is 22.6. The van der Waals surface area contributed by atoms with Gasteiger partial charge in [0.1, 0.15) is 12.1 Å². The molecule has 0 aromatic carbocycles. The summed E-state index contributed by atoms with van der Waals surface area (Å²) in [5.41, 5.74) is 15.4. The van der Waals surface area contributed by atoms with Crippen LogP contribution in [0, 0.1) is 0 Å². The third kappa shape index (κ3) is 11.5. The van der Waals surface area contributed by atoms with Gasteiger partial charge in [-0.15, -0.1) is 0 Å². The van der Waals surface area contributed by atoms with Crippen LogP contribution in [0.4, 0.5) is 0 Å². The standard InChI is InChI=1S/C15H26N6O7S/c1-29-3-2-8(15(27)28)20-12(24)6-19-14(26)9(5-11(18)23)21-13(25)7(16)4-10(17)22/h7-9H,2-6,16H2,1H3,(H2,17,22)(H2,18,23)(H,19,26)(H,20,24)(H,21,25)(H,27,28). The number of thioether (sulfide) groups is 1. The molecule has 3 unspecified atom stereocenters. The van der Waals surface area contributed by atoms with Crippen molar-refractivity contribution in [3.8, 4) is 0 Å². The third-order valence-corrected chi connectivity index (χ3v) is 4.11. The number of aliphatic carboxylic acids is 1. The van der Waals surface area contributed by atoms with Crippen LogP contribution in [0.3, 0.4) is 0 Å². The normalized spacial score (nSPS) is 13.4. The number of primary amides is 2. The number of carboxylic acids is 1. The van der Waals surface area contributed by atoms with E-state index < -0.39 is 73.0 Å². The maximum atomic E-state index is 12.2. The molecule has 0 aliphatic rings. The first-order valence-corrected chi connectivity index (χ1v) is 9.78. The molecular formula is C15H26N6O7S. The molecule has 3 atom stereocenters. The lowest BCUT2D eigenvalue weighted by Gasteiger charge is -2.19. The number of hydrogen-bond acceptors (Lipinski definition) is 8. The van der Waals surface area contributed by atoms with Gasteiger partial charge >= 0.3 is 5.97 Å². The first-order valence-electron chi connectivity index (χ1n) is 8.39. The number of amides is 5. The van der Waals surface area contributed by atoms with Crippen molar-refractivity contribution in [1.29, 1.82) is 0 Å². The maximum absolute atomic E-state index is 12.2. The van der Waals surface area contributed by atoms with E-state index in [1.807, 2.05) is 0 Å². The van der Waals surface area contributed by atoms with Crippen LogP contribution in [0.2, 0.25) is 0 Å². The lowest BCUT2D eigenvalue weighted by molar-refractivity contribution is -0.141. The van der Waals surface area contributed by atoms with E-state index in [-0.39, 0.29) is 6.42 Å². The number of hydrogen-bond donors (Lipinski definition) is 7. The molecule has 0 spiro atoms. The number of nitrogens with two attached hydrogens (primary N) is 3. The van der Waals surface area contributed by atoms with E-state index in [1.165, 1.54) is 11.8 Å². The van der Waals surface area contributed by atoms with Crippen LogP contribution >= 0.6 is 11.8 Å². The first kappa shape index (κ1) is 26.1. The topological polar surface area (TPSA) is 237 Å². The second-order valence-corrected chi connectivity index (χ2v) is 6.95. The Balaban J connectivity index is 4.82. The summed E-state index contributed by atoms with van der Waals surface area (Å²) in [5.74, 6) is -5.09. The number of rotatable bonds is 14. The Morgan fingerprint density at radius 2 is 1.52 bits per heavy atom. The Hall–Kier alpha value is -2.87. The number of carboxylic acid groups (broad SMARTS) is 1. The van der Waals surface area contributed by atoms with Gasteiger partial charge in [0.15, 0.2) is 0 Å². The fourth-order valence-corrected chi connectivity index (χ4v) is 2.50. The lowest BCUT2D eigenvalue weighted by atomic mass is 10.1. The van der Waals surface area contributed by atoms with E-state index in [2.05, 4.69) is 16.0 Å². The zero-order valence-electron chi connectivity index (χ0n) is 15.8. The highest BCUT2D eigenvalue weighted by Gasteiger charge is 2.27. The van der Waals surface area contributed by atoms with Crippen molar-refractivity contribution >= 4 is 47.3 Å². The Labute approximate surface area is 170 Å². The molecule has 14 heteroatoms. The van der Waals surface area contributed by atoms with Crippen LogP contribution in [0.15, 0.2) is 0 Å². The molecule has 5 amide bonds. The molecule has 0 aromatic heterocycles. The Morgan fingerprint density at radius 1 is 0.931 bits per heavy atom. The van der Waals surface area contributed by atoms with Crippen LogP contribution in [0.25, 0.3) is 0 Å². The predicted octanol–water partition coefficient (Wildman–Crippen LogP) is -4.01. The zero-order valence-corrected chi connectivity index (χ0v) is 16.6. The Bertz CT molecular complexity index is 645. The minimum absolute atomic E-state index is 0.189. The Morgan fingerprint density at radius 3 is 2.00 bits per heavy atom. The molecule has 29 heavy (non-hydrogen) atoms. The molecule has 0 aromatic rings. The molecule has 0 saturated heterocycles. The molecule has 0 aliphatic heterocycles. The fraction of sp³-hybridized carbons (Fsp3) is 0.600. The van der Waals surface area contributed by atoms with Gasteiger partial charge < -0.3 is 38.3 Å². The molecule has 0 saturated carbocycles. The second kappa shape index (κ2) is 13.3. The van der Waals surface area contributed by atoms with Crippen LogP contribution < -0.4 is 33.2 Å². The van der Waals surface area contributed by atoms with Crippen LogP contribution in [-0.4, -0.2) is 77.3 Å². The van der Waals surface area contributed by atoms with Crippen molar-refractivity contribution in [2.45, 2.75) is 37.4 Å². The molecular weight excluding hydrogens is 408 g/mol. The van der Waals surface area contributed by atoms with E-state index in [0.717, 1.165) is 0 Å². The average Bonchev–Trinajstić information content (AvgIpc) is 2.61. The lowest BCUT2D eigenvalue weighted by Crippen LogP contribution is -2.54. The largest absolute Gasteiger partial charge is 0.480 e. The minimum atomic E-state index is -1.45. The van der Waals surface area contributed by atoms with Gasteiger partial charge in [-0.2, -0.15) is 11.8 Å². The highest BCUT2D eigenvalue weighted by atomic mass is 32.2. The van der Waals surface area contributed by atoms with Gasteiger partial charge in [0.25, 0.3) is 0 Å². The van der Waals surface area contributed by atoms with Gasteiger partial charge in [-0.3, -0.25) is 24.0 Å². The van der Waals surface area contributed by atoms with Crippen molar-refractivity contribution in [2.24, 2.45) is 17.2 Å². The first-order chi connectivity index (χ1) is 13.5. The van der Waals surface area contributed by atoms with E-state index in [9.17, 15) is 28.8 Å². The van der Waals surface area contributed by atoms with E-state index >= 15 is 0 Å². The summed E-state index contributed by atoms with van der Waals surface area (Å²) in [6.07, 6.45) is 0.900. The minimum Gasteiger partial charge on any atom is -0.480 e. The summed E-state index contributed by atoms with van der Waals surface area (Å²) in [7, 11) is 0. The van der Waals surface area contributed by atoms with Crippen LogP contribution in [0.1, 0.15) is 19.3 Å². The summed E-state index contributed by atoms with van der Waals surface area (Å²) < 4.78 is 0. The summed E-state index contributed by atoms with van der Waals surface area (Å²) in [6, 6.07) is -3.91. The smallest absolute Gasteiger partial charge is 0.326 e. The highest BCUT2D eigenvalue weighted by molar-refractivity contribution is 7.98. The summed E-state index contributed by atoms with van der Waals surface area (Å²) >= 11 is 1.41. The SMILES string of the molecule is CSCCC(NC(=O)CNC(=O)C(CC(N)=O)NC(=O)C(N)CC(N)=O)C(=O)O. The molecule has 0 aliphatic carbocycles. The number of nitrogens with one attached hydrogen (secondary N) is 3. The van der Waals surface area contributed by atoms with E-state index in [0.29, 0.717) is 5.75 Å². The molecule has 0 radical (unpaired) electrons. The fourth-order valence-electron chi connectivity index (χ4n) is 2.03. The van der Waals surface area contributed by atoms with Gasteiger partial charge in [-0.25, -0.2) is 4.79 Å². The molecule has 0 bridgehead atoms. The summed E-state index contributed by atoms with van der Waals surface area (Å²) in [5, 5.41) is 15.6. The van der Waals surface area contributed by atoms with Crippen molar-refractivity contribution in [3.63, 3.8) is 0 Å². The molecule has 164 valence electrons. The third-order valence-electron chi connectivity index (χ3n) is 3.46. The van der Waals surface area contributed by atoms with Crippen molar-refractivity contribution in [2.75, 3.05) is 18.6 Å². The van der Waals surface area contributed by atoms with Gasteiger partial charge in [0, 0.05) is 0 Å². The number of carbonyl (C=O) groups is 6. The number of carbonyl (C=O) groups excluding carboxylic acids is 5. The molecule has 13 nitrogen and oxygen atoms in total. The molecule has 0 rings (SSSR count). The van der Waals surface area contributed by atoms with Crippen molar-refractivity contribution < 1.29 is 33.9 Å². The van der Waals surface area contributed by atoms with Gasteiger partial charge in [0.2, 0.25) is 29.5 Å². The predicted molar refractivity (Wildman–Crippen MR) is 103 cm³/mol. The Kier molecular flexibility index (Phi) is 12.0. The molecule has 0 fully saturated rings.